The van der Waals surface area contributed by atoms with Gasteiger partial charge in [0.15, 0.2) is 6.29 Å². The molecule has 0 aliphatic carbocycles. The Labute approximate surface area is 161 Å². The van der Waals surface area contributed by atoms with E-state index in [2.05, 4.69) is 13.5 Å². The molecule has 1 atom stereocenters. The van der Waals surface area contributed by atoms with E-state index in [1.165, 1.54) is 57.8 Å². The Morgan fingerprint density at radius 2 is 1.38 bits per heavy atom. The Morgan fingerprint density at radius 1 is 0.923 bits per heavy atom. The average Bonchev–Trinajstić information content (AvgIpc) is 2.64. The second kappa shape index (κ2) is 16.5. The molecule has 154 valence electrons. The van der Waals surface area contributed by atoms with Gasteiger partial charge in [0.05, 0.1) is 0 Å². The number of esters is 1. The van der Waals surface area contributed by atoms with Crippen LogP contribution in [0.25, 0.3) is 0 Å². The largest absolute Gasteiger partial charge is 0.503 e. The van der Waals surface area contributed by atoms with Gasteiger partial charge in [0.1, 0.15) is 0 Å². The van der Waals surface area contributed by atoms with Crippen LogP contribution in [0.1, 0.15) is 84.5 Å². The summed E-state index contributed by atoms with van der Waals surface area (Å²) in [5.74, 6) is -0.512. The molecule has 0 fully saturated rings. The smallest absolute Gasteiger partial charge is 0.434 e. The van der Waals surface area contributed by atoms with Gasteiger partial charge >= 0.3 is 14.8 Å². The third kappa shape index (κ3) is 12.6. The van der Waals surface area contributed by atoms with E-state index >= 15 is 0 Å². The molecule has 0 aromatic rings. The number of unbranched alkanes of at least 4 members (excludes halogenated alkanes) is 10. The van der Waals surface area contributed by atoms with Gasteiger partial charge in [-0.05, 0) is 13.3 Å². The number of carbonyl (C=O) groups is 1. The highest BCUT2D eigenvalue weighted by Gasteiger charge is 2.40. The van der Waals surface area contributed by atoms with Crippen molar-refractivity contribution in [2.24, 2.45) is 0 Å². The summed E-state index contributed by atoms with van der Waals surface area (Å²) in [6.07, 6.45) is 14.6. The fourth-order valence-electron chi connectivity index (χ4n) is 2.94. The summed E-state index contributed by atoms with van der Waals surface area (Å²) in [6.45, 7) is 7.30. The van der Waals surface area contributed by atoms with E-state index in [1.807, 2.05) is 0 Å². The molecule has 0 spiro atoms. The van der Waals surface area contributed by atoms with E-state index in [0.717, 1.165) is 25.0 Å². The second-order valence-corrected chi connectivity index (χ2v) is 9.62. The fraction of sp³-hybridized carbons (Fsp3) is 0.850. The van der Waals surface area contributed by atoms with E-state index in [1.54, 1.807) is 21.1 Å². The summed E-state index contributed by atoms with van der Waals surface area (Å²) < 4.78 is 21.9. The normalized spacial score (nSPS) is 12.8. The predicted octanol–water partition coefficient (Wildman–Crippen LogP) is 5.62. The zero-order valence-electron chi connectivity index (χ0n) is 17.4. The summed E-state index contributed by atoms with van der Waals surface area (Å²) in [7, 11) is 0.395. The number of carbonyl (C=O) groups excluding carboxylic acids is 1. The number of rotatable bonds is 18. The quantitative estimate of drug-likeness (QED) is 0.100. The molecular weight excluding hydrogens is 348 g/mol. The first-order chi connectivity index (χ1) is 12.5. The van der Waals surface area contributed by atoms with E-state index in [9.17, 15) is 4.79 Å². The zero-order chi connectivity index (χ0) is 19.7. The van der Waals surface area contributed by atoms with Crippen molar-refractivity contribution in [3.8, 4) is 0 Å². The maximum Gasteiger partial charge on any atom is 0.503 e. The minimum atomic E-state index is -2.79. The van der Waals surface area contributed by atoms with Gasteiger partial charge < -0.3 is 18.0 Å². The van der Waals surface area contributed by atoms with Gasteiger partial charge in [0.25, 0.3) is 0 Å². The summed E-state index contributed by atoms with van der Waals surface area (Å²) >= 11 is 0. The molecule has 26 heavy (non-hydrogen) atoms. The van der Waals surface area contributed by atoms with E-state index in [-0.39, 0.29) is 0 Å². The molecule has 0 aromatic heterocycles. The van der Waals surface area contributed by atoms with E-state index < -0.39 is 21.1 Å². The molecule has 0 bridgehead atoms. The van der Waals surface area contributed by atoms with Gasteiger partial charge in [-0.1, -0.05) is 77.7 Å². The monoisotopic (exact) mass is 388 g/mol. The summed E-state index contributed by atoms with van der Waals surface area (Å²) in [5.41, 5.74) is 0. The van der Waals surface area contributed by atoms with Gasteiger partial charge in [0.2, 0.25) is 0 Å². The van der Waals surface area contributed by atoms with Crippen molar-refractivity contribution in [3.63, 3.8) is 0 Å². The highest BCUT2D eigenvalue weighted by atomic mass is 28.4. The van der Waals surface area contributed by atoms with Gasteiger partial charge in [-0.25, -0.2) is 4.79 Å². The highest BCUT2D eigenvalue weighted by molar-refractivity contribution is 6.60. The van der Waals surface area contributed by atoms with Crippen molar-refractivity contribution >= 4 is 14.8 Å². The molecule has 0 aliphatic heterocycles. The predicted molar refractivity (Wildman–Crippen MR) is 108 cm³/mol. The van der Waals surface area contributed by atoms with Crippen molar-refractivity contribution < 1.29 is 22.8 Å². The van der Waals surface area contributed by atoms with Gasteiger partial charge in [-0.15, -0.1) is 0 Å². The lowest BCUT2D eigenvalue weighted by Gasteiger charge is -2.29. The first-order valence-corrected chi connectivity index (χ1v) is 12.1. The first kappa shape index (κ1) is 25.3. The van der Waals surface area contributed by atoms with Crippen LogP contribution in [0.3, 0.4) is 0 Å². The minimum Gasteiger partial charge on any atom is -0.434 e. The van der Waals surface area contributed by atoms with Crippen molar-refractivity contribution in [3.05, 3.63) is 12.7 Å². The molecule has 0 radical (unpaired) electrons. The second-order valence-electron chi connectivity index (χ2n) is 6.70. The number of hydrogen-bond acceptors (Lipinski definition) is 5. The Bertz CT molecular complexity index is 358. The zero-order valence-corrected chi connectivity index (χ0v) is 18.4. The maximum atomic E-state index is 11.3. The summed E-state index contributed by atoms with van der Waals surface area (Å²) in [4.78, 5) is 11.3. The molecule has 0 amide bonds. The van der Waals surface area contributed by atoms with Gasteiger partial charge in [-0.3, -0.25) is 0 Å². The SMILES string of the molecule is C=CC(=O)OC(C)O[Si](CCCCCCCCCCCCC)(OC)OC. The summed E-state index contributed by atoms with van der Waals surface area (Å²) in [5, 5.41) is 0. The topological polar surface area (TPSA) is 54.0 Å². The molecule has 6 heteroatoms. The molecule has 0 aromatic carbocycles. The van der Waals surface area contributed by atoms with Crippen LogP contribution in [0.2, 0.25) is 6.04 Å². The first-order valence-electron chi connectivity index (χ1n) is 10.1. The van der Waals surface area contributed by atoms with Gasteiger partial charge in [0, 0.05) is 26.3 Å². The molecule has 0 rings (SSSR count). The molecule has 1 unspecified atom stereocenters. The third-order valence-corrected chi connectivity index (χ3v) is 7.40. The average molecular weight is 389 g/mol. The van der Waals surface area contributed by atoms with Gasteiger partial charge in [-0.2, -0.15) is 0 Å². The Hall–Kier alpha value is -0.693. The molecular formula is C20H40O5Si. The molecule has 0 N–H and O–H groups in total. The standard InChI is InChI=1S/C20H40O5Si/c1-6-8-9-10-11-12-13-14-15-16-17-18-26(22-4,23-5)25-19(3)24-20(21)7-2/h7,19H,2,6,8-18H2,1,3-5H3. The number of hydrogen-bond donors (Lipinski definition) is 0. The Morgan fingerprint density at radius 3 is 1.81 bits per heavy atom. The molecule has 0 heterocycles. The molecule has 0 saturated carbocycles. The molecule has 5 nitrogen and oxygen atoms in total. The van der Waals surface area contributed by atoms with Crippen molar-refractivity contribution in [2.45, 2.75) is 96.8 Å². The summed E-state index contributed by atoms with van der Waals surface area (Å²) in [6, 6.07) is 0.729. The molecule has 0 saturated heterocycles. The van der Waals surface area contributed by atoms with E-state index in [0.29, 0.717) is 0 Å². The van der Waals surface area contributed by atoms with Crippen molar-refractivity contribution in [1.82, 2.24) is 0 Å². The van der Waals surface area contributed by atoms with Crippen LogP contribution in [-0.4, -0.2) is 35.3 Å². The van der Waals surface area contributed by atoms with Crippen molar-refractivity contribution in [2.75, 3.05) is 14.2 Å². The Kier molecular flexibility index (Phi) is 16.0. The third-order valence-electron chi connectivity index (χ3n) is 4.50. The van der Waals surface area contributed by atoms with Crippen LogP contribution in [0.5, 0.6) is 0 Å². The molecule has 0 aliphatic rings. The highest BCUT2D eigenvalue weighted by Crippen LogP contribution is 2.21. The van der Waals surface area contributed by atoms with Crippen LogP contribution < -0.4 is 0 Å². The lowest BCUT2D eigenvalue weighted by atomic mass is 10.1. The lowest BCUT2D eigenvalue weighted by molar-refractivity contribution is -0.160. The van der Waals surface area contributed by atoms with Crippen LogP contribution in [0, 0.1) is 0 Å². The van der Waals surface area contributed by atoms with Crippen LogP contribution >= 0.6 is 0 Å². The minimum absolute atomic E-state index is 0.512. The van der Waals surface area contributed by atoms with Crippen molar-refractivity contribution in [1.29, 1.82) is 0 Å². The van der Waals surface area contributed by atoms with E-state index in [4.69, 9.17) is 18.0 Å². The van der Waals surface area contributed by atoms with Crippen LogP contribution in [0.15, 0.2) is 12.7 Å². The lowest BCUT2D eigenvalue weighted by Crippen LogP contribution is -2.47. The Balaban J connectivity index is 3.88. The van der Waals surface area contributed by atoms with Crippen LogP contribution in [-0.2, 0) is 22.8 Å². The number of ether oxygens (including phenoxy) is 1. The van der Waals surface area contributed by atoms with Crippen LogP contribution in [0.4, 0.5) is 0 Å². The maximum absolute atomic E-state index is 11.3. The fourth-order valence-corrected chi connectivity index (χ4v) is 5.06.